The van der Waals surface area contributed by atoms with Crippen LogP contribution in [0.15, 0.2) is 24.3 Å². The molecular formula is C19H34FNO4. The average Bonchev–Trinajstić information content (AvgIpc) is 2.71. The zero-order valence-electron chi connectivity index (χ0n) is 16.2. The molecule has 25 heavy (non-hydrogen) atoms. The number of likely N-dealkylation sites (tertiary alicyclic amines) is 1. The second-order valence-corrected chi connectivity index (χ2v) is 4.86. The minimum absolute atomic E-state index is 0.154. The lowest BCUT2D eigenvalue weighted by atomic mass is 9.98. The molecule has 0 unspecified atom stereocenters. The first-order chi connectivity index (χ1) is 12.2. The molecular weight excluding hydrogens is 325 g/mol. The number of aliphatic hydroxyl groups excluding tert-OH is 1. The molecule has 1 fully saturated rings. The van der Waals surface area contributed by atoms with Crippen LogP contribution >= 0.6 is 0 Å². The number of aliphatic hydroxyl groups is 1. The quantitative estimate of drug-likeness (QED) is 0.802. The Morgan fingerprint density at radius 2 is 1.64 bits per heavy atom. The molecule has 1 saturated heterocycles. The Morgan fingerprint density at radius 3 is 2.04 bits per heavy atom. The predicted molar refractivity (Wildman–Crippen MR) is 99.5 cm³/mol. The van der Waals surface area contributed by atoms with E-state index in [1.807, 2.05) is 44.7 Å². The number of benzene rings is 1. The Labute approximate surface area is 151 Å². The average molecular weight is 359 g/mol. The molecule has 1 aliphatic rings. The molecule has 0 aliphatic carbocycles. The van der Waals surface area contributed by atoms with Crippen molar-refractivity contribution in [2.75, 3.05) is 33.5 Å². The third-order valence-corrected chi connectivity index (χ3v) is 3.41. The van der Waals surface area contributed by atoms with E-state index in [1.165, 1.54) is 0 Å². The summed E-state index contributed by atoms with van der Waals surface area (Å²) in [5.74, 6) is 1.36. The number of hydrogen-bond acceptors (Lipinski definition) is 5. The van der Waals surface area contributed by atoms with Crippen LogP contribution < -0.4 is 4.74 Å². The lowest BCUT2D eigenvalue weighted by molar-refractivity contribution is -0.0960. The standard InChI is InChI=1S/C14H19NO3.2C2H6.CH3FO/c16-9-12-1-3-14(4-2-12)18-10-13-5-7-15(11-17)8-6-13;2*1-2;1-3-2/h1-4,9,13,17H,5-8,10-11H2;2*1-2H3;1H3. The van der Waals surface area contributed by atoms with Crippen molar-refractivity contribution < 1.29 is 24.1 Å². The molecule has 1 heterocycles. The Morgan fingerprint density at radius 1 is 1.16 bits per heavy atom. The van der Waals surface area contributed by atoms with Crippen molar-refractivity contribution in [2.24, 2.45) is 5.92 Å². The third-order valence-electron chi connectivity index (χ3n) is 3.41. The number of nitrogens with zero attached hydrogens (tertiary/aromatic N) is 1. The van der Waals surface area contributed by atoms with Crippen molar-refractivity contribution in [3.63, 3.8) is 0 Å². The maximum Gasteiger partial charge on any atom is 0.150 e. The number of piperidine rings is 1. The lowest BCUT2D eigenvalue weighted by Crippen LogP contribution is -2.36. The first-order valence-corrected chi connectivity index (χ1v) is 8.89. The van der Waals surface area contributed by atoms with Crippen LogP contribution in [0.5, 0.6) is 5.75 Å². The van der Waals surface area contributed by atoms with Crippen molar-refractivity contribution in [2.45, 2.75) is 40.5 Å². The summed E-state index contributed by atoms with van der Waals surface area (Å²) in [6.45, 7) is 10.7. The highest BCUT2D eigenvalue weighted by Gasteiger charge is 2.18. The molecule has 1 aromatic rings. The van der Waals surface area contributed by atoms with E-state index in [4.69, 9.17) is 9.84 Å². The number of ether oxygens (including phenoxy) is 1. The predicted octanol–water partition coefficient (Wildman–Crippen LogP) is 4.11. The highest BCUT2D eigenvalue weighted by molar-refractivity contribution is 5.74. The number of hydrogen-bond donors (Lipinski definition) is 1. The molecule has 0 spiro atoms. The van der Waals surface area contributed by atoms with E-state index in [0.717, 1.165) is 45.1 Å². The Bertz CT molecular complexity index is 393. The van der Waals surface area contributed by atoms with Crippen LogP contribution in [0.25, 0.3) is 0 Å². The number of aldehydes is 1. The van der Waals surface area contributed by atoms with Crippen molar-refractivity contribution >= 4 is 6.29 Å². The maximum atomic E-state index is 10.5. The fraction of sp³-hybridized carbons (Fsp3) is 0.632. The summed E-state index contributed by atoms with van der Waals surface area (Å²) in [6.07, 6.45) is 2.95. The number of carbonyl (C=O) groups excluding carboxylic acids is 1. The first-order valence-electron chi connectivity index (χ1n) is 8.89. The van der Waals surface area contributed by atoms with Gasteiger partial charge in [0.05, 0.1) is 20.4 Å². The van der Waals surface area contributed by atoms with Gasteiger partial charge in [-0.2, -0.15) is 4.94 Å². The van der Waals surface area contributed by atoms with Gasteiger partial charge in [0, 0.05) is 18.7 Å². The van der Waals surface area contributed by atoms with E-state index in [-0.39, 0.29) is 6.73 Å². The highest BCUT2D eigenvalue weighted by atomic mass is 19.3. The van der Waals surface area contributed by atoms with E-state index in [9.17, 15) is 9.32 Å². The summed E-state index contributed by atoms with van der Waals surface area (Å²) in [5, 5.41) is 9.00. The topological polar surface area (TPSA) is 59.0 Å². The van der Waals surface area contributed by atoms with Crippen LogP contribution in [0.4, 0.5) is 4.53 Å². The number of carbonyl (C=O) groups is 1. The summed E-state index contributed by atoms with van der Waals surface area (Å²) in [5.41, 5.74) is 0.665. The van der Waals surface area contributed by atoms with Crippen LogP contribution in [0.3, 0.4) is 0 Å². The molecule has 0 radical (unpaired) electrons. The lowest BCUT2D eigenvalue weighted by Gasteiger charge is -2.30. The van der Waals surface area contributed by atoms with Crippen molar-refractivity contribution in [3.8, 4) is 5.75 Å². The summed E-state index contributed by atoms with van der Waals surface area (Å²) >= 11 is 0. The van der Waals surface area contributed by atoms with E-state index >= 15 is 0 Å². The molecule has 1 N–H and O–H groups in total. The molecule has 6 heteroatoms. The molecule has 0 atom stereocenters. The van der Waals surface area contributed by atoms with Gasteiger partial charge in [0.1, 0.15) is 12.0 Å². The van der Waals surface area contributed by atoms with Gasteiger partial charge >= 0.3 is 0 Å². The van der Waals surface area contributed by atoms with Gasteiger partial charge in [-0.1, -0.05) is 27.7 Å². The molecule has 1 aromatic carbocycles. The van der Waals surface area contributed by atoms with Crippen LogP contribution in [-0.2, 0) is 4.94 Å². The van der Waals surface area contributed by atoms with Gasteiger partial charge in [-0.05, 0) is 47.6 Å². The Kier molecular flexibility index (Phi) is 19.4. The normalized spacial score (nSPS) is 13.9. The molecule has 146 valence electrons. The monoisotopic (exact) mass is 359 g/mol. The summed E-state index contributed by atoms with van der Waals surface area (Å²) in [7, 11) is 0.958. The summed E-state index contributed by atoms with van der Waals surface area (Å²) in [4.78, 5) is 15.3. The zero-order chi connectivity index (χ0) is 19.5. The number of rotatable bonds is 5. The molecule has 0 amide bonds. The summed E-state index contributed by atoms with van der Waals surface area (Å²) in [6, 6.07) is 7.17. The van der Waals surface area contributed by atoms with Gasteiger partial charge in [-0.15, -0.1) is 0 Å². The van der Waals surface area contributed by atoms with E-state index in [1.54, 1.807) is 12.1 Å². The van der Waals surface area contributed by atoms with E-state index in [2.05, 4.69) is 4.94 Å². The highest BCUT2D eigenvalue weighted by Crippen LogP contribution is 2.19. The summed E-state index contributed by atoms with van der Waals surface area (Å²) < 4.78 is 15.5. The second-order valence-electron chi connectivity index (χ2n) is 4.86. The Balaban J connectivity index is 0. The molecule has 5 nitrogen and oxygen atoms in total. The first kappa shape index (κ1) is 25.7. The SMILES string of the molecule is CC.CC.COF.O=Cc1ccc(OCC2CCN(CO)CC2)cc1. The molecule has 2 rings (SSSR count). The Hall–Kier alpha value is -1.50. The van der Waals surface area contributed by atoms with Crippen LogP contribution in [0.1, 0.15) is 50.9 Å². The smallest absolute Gasteiger partial charge is 0.150 e. The van der Waals surface area contributed by atoms with E-state index in [0.29, 0.717) is 18.1 Å². The van der Waals surface area contributed by atoms with Crippen molar-refractivity contribution in [1.82, 2.24) is 4.90 Å². The largest absolute Gasteiger partial charge is 0.493 e. The zero-order valence-corrected chi connectivity index (χ0v) is 16.2. The van der Waals surface area contributed by atoms with Gasteiger partial charge < -0.3 is 9.84 Å². The fourth-order valence-electron chi connectivity index (χ4n) is 2.15. The van der Waals surface area contributed by atoms with Crippen LogP contribution in [0.2, 0.25) is 0 Å². The molecule has 0 aromatic heterocycles. The number of halogens is 1. The molecule has 0 bridgehead atoms. The van der Waals surface area contributed by atoms with Gasteiger partial charge in [0.25, 0.3) is 0 Å². The van der Waals surface area contributed by atoms with Gasteiger partial charge in [0.15, 0.2) is 0 Å². The van der Waals surface area contributed by atoms with Crippen LogP contribution in [0, 0.1) is 5.92 Å². The molecule has 0 saturated carbocycles. The van der Waals surface area contributed by atoms with Gasteiger partial charge in [0.2, 0.25) is 0 Å². The fourth-order valence-corrected chi connectivity index (χ4v) is 2.15. The third kappa shape index (κ3) is 12.5. The van der Waals surface area contributed by atoms with Gasteiger partial charge in [-0.25, -0.2) is 0 Å². The molecule has 1 aliphatic heterocycles. The van der Waals surface area contributed by atoms with Gasteiger partial charge in [-0.3, -0.25) is 9.69 Å². The minimum atomic E-state index is 0.154. The minimum Gasteiger partial charge on any atom is -0.493 e. The van der Waals surface area contributed by atoms with E-state index < -0.39 is 0 Å². The van der Waals surface area contributed by atoms with Crippen molar-refractivity contribution in [1.29, 1.82) is 0 Å². The van der Waals surface area contributed by atoms with Crippen LogP contribution in [-0.4, -0.2) is 49.8 Å². The van der Waals surface area contributed by atoms with Crippen molar-refractivity contribution in [3.05, 3.63) is 29.8 Å². The second kappa shape index (κ2) is 18.8. The maximum absolute atomic E-state index is 10.5.